The van der Waals surface area contributed by atoms with Gasteiger partial charge in [0, 0.05) is 6.54 Å². The maximum Gasteiger partial charge on any atom is 0.325 e. The van der Waals surface area contributed by atoms with Crippen molar-refractivity contribution in [2.75, 3.05) is 6.54 Å². The molecule has 2 N–H and O–H groups in total. The zero-order valence-corrected chi connectivity index (χ0v) is 9.25. The van der Waals surface area contributed by atoms with Crippen LogP contribution in [0.4, 0.5) is 0 Å². The smallest absolute Gasteiger partial charge is 0.325 e. The van der Waals surface area contributed by atoms with Gasteiger partial charge >= 0.3 is 5.97 Å². The van der Waals surface area contributed by atoms with Crippen molar-refractivity contribution in [3.05, 3.63) is 34.9 Å². The lowest BCUT2D eigenvalue weighted by Gasteiger charge is -2.23. The van der Waals surface area contributed by atoms with Crippen molar-refractivity contribution in [1.82, 2.24) is 5.32 Å². The predicted octanol–water partition coefficient (Wildman–Crippen LogP) is 1.25. The predicted molar refractivity (Wildman–Crippen MR) is 60.5 cm³/mol. The van der Waals surface area contributed by atoms with Crippen molar-refractivity contribution in [3.63, 3.8) is 0 Å². The number of aliphatic carboxylic acids is 1. The van der Waals surface area contributed by atoms with Gasteiger partial charge in [-0.05, 0) is 29.7 Å². The largest absolute Gasteiger partial charge is 0.480 e. The van der Waals surface area contributed by atoms with Crippen LogP contribution in [0.2, 0.25) is 0 Å². The molecule has 1 aliphatic heterocycles. The molecule has 0 aromatic heterocycles. The van der Waals surface area contributed by atoms with Gasteiger partial charge in [0.1, 0.15) is 6.04 Å². The van der Waals surface area contributed by atoms with Gasteiger partial charge in [-0.25, -0.2) is 0 Å². The molecule has 0 aliphatic carbocycles. The van der Waals surface area contributed by atoms with Crippen LogP contribution in [-0.4, -0.2) is 17.6 Å². The number of hydrogen-bond donors (Lipinski definition) is 2. The van der Waals surface area contributed by atoms with Crippen LogP contribution in [0.15, 0.2) is 18.2 Å². The number of halogens is 1. The number of nitrogens with zero attached hydrogens (tertiary/aromatic N) is 1. The molecule has 0 fully saturated rings. The quantitative estimate of drug-likeness (QED) is 0.772. The minimum atomic E-state index is -0.874. The molecule has 2 rings (SSSR count). The van der Waals surface area contributed by atoms with Gasteiger partial charge in [0.05, 0.1) is 11.6 Å². The van der Waals surface area contributed by atoms with Crippen molar-refractivity contribution in [1.29, 1.82) is 5.26 Å². The van der Waals surface area contributed by atoms with Gasteiger partial charge in [0.2, 0.25) is 0 Å². The summed E-state index contributed by atoms with van der Waals surface area (Å²) in [5, 5.41) is 20.6. The van der Waals surface area contributed by atoms with Crippen molar-refractivity contribution < 1.29 is 9.90 Å². The normalized spacial score (nSPS) is 17.8. The first-order valence-electron chi connectivity index (χ1n) is 4.71. The zero-order valence-electron chi connectivity index (χ0n) is 8.43. The van der Waals surface area contributed by atoms with Crippen molar-refractivity contribution >= 4 is 18.4 Å². The summed E-state index contributed by atoms with van der Waals surface area (Å²) in [5.74, 6) is -0.874. The highest BCUT2D eigenvalue weighted by Gasteiger charge is 2.25. The summed E-state index contributed by atoms with van der Waals surface area (Å²) < 4.78 is 0. The Balaban J connectivity index is 0.00000128. The van der Waals surface area contributed by atoms with Crippen LogP contribution in [0.1, 0.15) is 22.7 Å². The van der Waals surface area contributed by atoms with E-state index in [-0.39, 0.29) is 12.4 Å². The number of nitrogens with one attached hydrogen (secondary N) is 1. The van der Waals surface area contributed by atoms with Gasteiger partial charge in [0.25, 0.3) is 0 Å². The van der Waals surface area contributed by atoms with Crippen LogP contribution < -0.4 is 5.32 Å². The van der Waals surface area contributed by atoms with E-state index in [0.717, 1.165) is 17.5 Å². The number of rotatable bonds is 1. The average molecular weight is 239 g/mol. The third-order valence-electron chi connectivity index (χ3n) is 2.57. The first-order valence-corrected chi connectivity index (χ1v) is 4.71. The lowest BCUT2D eigenvalue weighted by atomic mass is 9.93. The van der Waals surface area contributed by atoms with Gasteiger partial charge in [-0.1, -0.05) is 6.07 Å². The first kappa shape index (κ1) is 12.5. The van der Waals surface area contributed by atoms with Gasteiger partial charge in [-0.2, -0.15) is 5.26 Å². The van der Waals surface area contributed by atoms with Crippen molar-refractivity contribution in [2.24, 2.45) is 0 Å². The maximum atomic E-state index is 10.9. The fraction of sp³-hybridized carbons (Fsp3) is 0.273. The van der Waals surface area contributed by atoms with E-state index in [1.807, 2.05) is 0 Å². The summed E-state index contributed by atoms with van der Waals surface area (Å²) in [4.78, 5) is 10.9. The maximum absolute atomic E-state index is 10.9. The molecule has 0 spiro atoms. The molecule has 0 amide bonds. The summed E-state index contributed by atoms with van der Waals surface area (Å²) in [5.41, 5.74) is 2.31. The molecule has 0 saturated heterocycles. The molecule has 1 aromatic carbocycles. The highest BCUT2D eigenvalue weighted by atomic mass is 35.5. The summed E-state index contributed by atoms with van der Waals surface area (Å²) in [6.07, 6.45) is 0.772. The SMILES string of the molecule is Cl.N#Cc1ccc2c(c1)CCNC2C(=O)O. The number of carbonyl (C=O) groups is 1. The van der Waals surface area contributed by atoms with Crippen molar-refractivity contribution in [2.45, 2.75) is 12.5 Å². The molecule has 1 unspecified atom stereocenters. The molecular formula is C11H11ClN2O2. The van der Waals surface area contributed by atoms with Crippen LogP contribution in [0.3, 0.4) is 0 Å². The fourth-order valence-electron chi connectivity index (χ4n) is 1.85. The molecule has 1 atom stereocenters. The first-order chi connectivity index (χ1) is 7.22. The molecule has 0 saturated carbocycles. The summed E-state index contributed by atoms with van der Waals surface area (Å²) in [6.45, 7) is 0.638. The Hall–Kier alpha value is -1.57. The lowest BCUT2D eigenvalue weighted by Crippen LogP contribution is -2.35. The van der Waals surface area contributed by atoms with E-state index in [9.17, 15) is 4.79 Å². The molecule has 1 aromatic rings. The number of hydrogen-bond acceptors (Lipinski definition) is 3. The van der Waals surface area contributed by atoms with Crippen molar-refractivity contribution in [3.8, 4) is 6.07 Å². The highest BCUT2D eigenvalue weighted by Crippen LogP contribution is 2.23. The molecule has 5 heteroatoms. The lowest BCUT2D eigenvalue weighted by molar-refractivity contribution is -0.139. The van der Waals surface area contributed by atoms with E-state index >= 15 is 0 Å². The third-order valence-corrected chi connectivity index (χ3v) is 2.57. The molecule has 1 heterocycles. The number of nitriles is 1. The Morgan fingerprint density at radius 1 is 1.56 bits per heavy atom. The van der Waals surface area contributed by atoms with Gasteiger partial charge in [0.15, 0.2) is 0 Å². The Kier molecular flexibility index (Phi) is 3.88. The Bertz CT molecular complexity index is 454. The van der Waals surface area contributed by atoms with Gasteiger partial charge in [-0.3, -0.25) is 4.79 Å². The Morgan fingerprint density at radius 3 is 2.94 bits per heavy atom. The topological polar surface area (TPSA) is 73.1 Å². The molecule has 1 aliphatic rings. The number of fused-ring (bicyclic) bond motifs is 1. The standard InChI is InChI=1S/C11H10N2O2.ClH/c12-6-7-1-2-9-8(5-7)3-4-13-10(9)11(14)15;/h1-2,5,10,13H,3-4H2,(H,14,15);1H. The highest BCUT2D eigenvalue weighted by molar-refractivity contribution is 5.85. The van der Waals surface area contributed by atoms with E-state index in [4.69, 9.17) is 10.4 Å². The van der Waals surface area contributed by atoms with E-state index in [0.29, 0.717) is 12.1 Å². The number of carboxylic acids is 1. The third kappa shape index (κ3) is 2.16. The number of benzene rings is 1. The van der Waals surface area contributed by atoms with Crippen LogP contribution in [0, 0.1) is 11.3 Å². The molecule has 0 radical (unpaired) electrons. The van der Waals surface area contributed by atoms with Crippen LogP contribution in [-0.2, 0) is 11.2 Å². The summed E-state index contributed by atoms with van der Waals surface area (Å²) in [6, 6.07) is 6.56. The second-order valence-electron chi connectivity index (χ2n) is 3.50. The Labute approximate surface area is 99.3 Å². The fourth-order valence-corrected chi connectivity index (χ4v) is 1.85. The minimum Gasteiger partial charge on any atom is -0.480 e. The average Bonchev–Trinajstić information content (AvgIpc) is 2.27. The van der Waals surface area contributed by atoms with Crippen LogP contribution in [0.25, 0.3) is 0 Å². The van der Waals surface area contributed by atoms with Crippen LogP contribution in [0.5, 0.6) is 0 Å². The molecule has 84 valence electrons. The van der Waals surface area contributed by atoms with E-state index in [1.54, 1.807) is 18.2 Å². The molecule has 16 heavy (non-hydrogen) atoms. The zero-order chi connectivity index (χ0) is 10.8. The van der Waals surface area contributed by atoms with E-state index in [2.05, 4.69) is 11.4 Å². The van der Waals surface area contributed by atoms with Crippen LogP contribution >= 0.6 is 12.4 Å². The summed E-state index contributed by atoms with van der Waals surface area (Å²) in [7, 11) is 0. The minimum absolute atomic E-state index is 0. The van der Waals surface area contributed by atoms with E-state index < -0.39 is 12.0 Å². The second-order valence-corrected chi connectivity index (χ2v) is 3.50. The Morgan fingerprint density at radius 2 is 2.31 bits per heavy atom. The van der Waals surface area contributed by atoms with E-state index in [1.165, 1.54) is 0 Å². The monoisotopic (exact) mass is 238 g/mol. The van der Waals surface area contributed by atoms with Gasteiger partial charge in [-0.15, -0.1) is 12.4 Å². The molecule has 4 nitrogen and oxygen atoms in total. The van der Waals surface area contributed by atoms with Gasteiger partial charge < -0.3 is 10.4 Å². The number of carboxylic acid groups (broad SMARTS) is 1. The molecule has 0 bridgehead atoms. The summed E-state index contributed by atoms with van der Waals surface area (Å²) >= 11 is 0. The molecular weight excluding hydrogens is 228 g/mol. The second kappa shape index (κ2) is 4.97.